The van der Waals surface area contributed by atoms with Crippen molar-refractivity contribution in [2.24, 2.45) is 0 Å². The number of rotatable bonds is 5. The van der Waals surface area contributed by atoms with E-state index in [0.717, 1.165) is 5.56 Å². The predicted molar refractivity (Wildman–Crippen MR) is 95.4 cm³/mol. The Morgan fingerprint density at radius 1 is 1.08 bits per heavy atom. The first-order valence-corrected chi connectivity index (χ1v) is 7.96. The molecule has 5 heteroatoms. The lowest BCUT2D eigenvalue weighted by Crippen LogP contribution is -2.19. The SMILES string of the molecule is O=C(C[C@H](c1ccc(Cl)cc1)n1cccc1)Nc1cccc(O)c1. The van der Waals surface area contributed by atoms with Crippen molar-refractivity contribution in [1.82, 2.24) is 4.57 Å². The van der Waals surface area contributed by atoms with E-state index in [4.69, 9.17) is 11.6 Å². The monoisotopic (exact) mass is 340 g/mol. The average molecular weight is 341 g/mol. The highest BCUT2D eigenvalue weighted by molar-refractivity contribution is 6.30. The number of carbonyl (C=O) groups excluding carboxylic acids is 1. The number of hydrogen-bond acceptors (Lipinski definition) is 2. The number of phenolic OH excluding ortho intramolecular Hbond substituents is 1. The number of nitrogens with one attached hydrogen (secondary N) is 1. The number of halogens is 1. The topological polar surface area (TPSA) is 54.3 Å². The second kappa shape index (κ2) is 7.23. The van der Waals surface area contributed by atoms with Crippen molar-refractivity contribution in [3.8, 4) is 5.75 Å². The summed E-state index contributed by atoms with van der Waals surface area (Å²) in [6.07, 6.45) is 4.13. The summed E-state index contributed by atoms with van der Waals surface area (Å²) < 4.78 is 1.99. The molecule has 122 valence electrons. The number of amides is 1. The first-order chi connectivity index (χ1) is 11.6. The fourth-order valence-corrected chi connectivity index (χ4v) is 2.73. The standard InChI is InChI=1S/C19H17ClN2O2/c20-15-8-6-14(7-9-15)18(22-10-1-2-11-22)13-19(24)21-16-4-3-5-17(23)12-16/h1-12,18,23H,13H2,(H,21,24)/t18-/m1/s1. The van der Waals surface area contributed by atoms with E-state index in [-0.39, 0.29) is 24.1 Å². The Hall–Kier alpha value is -2.72. The van der Waals surface area contributed by atoms with E-state index in [9.17, 15) is 9.90 Å². The molecule has 1 aromatic heterocycles. The maximum atomic E-state index is 12.4. The van der Waals surface area contributed by atoms with Crippen molar-refractivity contribution < 1.29 is 9.90 Å². The predicted octanol–water partition coefficient (Wildman–Crippen LogP) is 4.47. The highest BCUT2D eigenvalue weighted by Gasteiger charge is 2.17. The molecule has 0 aliphatic heterocycles. The average Bonchev–Trinajstić information content (AvgIpc) is 3.08. The van der Waals surface area contributed by atoms with E-state index in [1.165, 1.54) is 6.07 Å². The lowest BCUT2D eigenvalue weighted by Gasteiger charge is -2.19. The van der Waals surface area contributed by atoms with Crippen LogP contribution < -0.4 is 5.32 Å². The van der Waals surface area contributed by atoms with Crippen LogP contribution in [0, 0.1) is 0 Å². The van der Waals surface area contributed by atoms with Gasteiger partial charge in [0.2, 0.25) is 5.91 Å². The number of benzene rings is 2. The van der Waals surface area contributed by atoms with Crippen LogP contribution in [0.25, 0.3) is 0 Å². The number of nitrogens with zero attached hydrogens (tertiary/aromatic N) is 1. The van der Waals surface area contributed by atoms with Crippen molar-refractivity contribution in [1.29, 1.82) is 0 Å². The van der Waals surface area contributed by atoms with E-state index >= 15 is 0 Å². The van der Waals surface area contributed by atoms with Crippen molar-refractivity contribution in [3.05, 3.63) is 83.6 Å². The van der Waals surface area contributed by atoms with Crippen LogP contribution in [-0.4, -0.2) is 15.6 Å². The molecule has 2 N–H and O–H groups in total. The third-order valence-electron chi connectivity index (χ3n) is 3.75. The van der Waals surface area contributed by atoms with Gasteiger partial charge < -0.3 is 15.0 Å². The molecular weight excluding hydrogens is 324 g/mol. The molecule has 4 nitrogen and oxygen atoms in total. The molecule has 1 atom stereocenters. The van der Waals surface area contributed by atoms with Gasteiger partial charge in [-0.3, -0.25) is 4.79 Å². The molecule has 0 bridgehead atoms. The quantitative estimate of drug-likeness (QED) is 0.720. The van der Waals surface area contributed by atoms with E-state index in [1.807, 2.05) is 53.4 Å². The van der Waals surface area contributed by atoms with Gasteiger partial charge in [-0.1, -0.05) is 29.8 Å². The van der Waals surface area contributed by atoms with E-state index in [1.54, 1.807) is 18.2 Å². The number of hydrogen-bond donors (Lipinski definition) is 2. The maximum absolute atomic E-state index is 12.4. The minimum absolute atomic E-state index is 0.118. The third-order valence-corrected chi connectivity index (χ3v) is 4.00. The van der Waals surface area contributed by atoms with Crippen LogP contribution in [0.3, 0.4) is 0 Å². The van der Waals surface area contributed by atoms with Crippen molar-refractivity contribution in [2.45, 2.75) is 12.5 Å². The number of carbonyl (C=O) groups is 1. The van der Waals surface area contributed by atoms with Crippen LogP contribution in [0.2, 0.25) is 5.02 Å². The highest BCUT2D eigenvalue weighted by atomic mass is 35.5. The molecule has 0 radical (unpaired) electrons. The molecule has 1 amide bonds. The van der Waals surface area contributed by atoms with Gasteiger partial charge in [0.25, 0.3) is 0 Å². The molecule has 1 heterocycles. The Morgan fingerprint density at radius 2 is 1.79 bits per heavy atom. The van der Waals surface area contributed by atoms with Gasteiger partial charge in [-0.25, -0.2) is 0 Å². The van der Waals surface area contributed by atoms with E-state index in [0.29, 0.717) is 10.7 Å². The molecule has 0 saturated heterocycles. The van der Waals surface area contributed by atoms with Crippen LogP contribution in [0.1, 0.15) is 18.0 Å². The maximum Gasteiger partial charge on any atom is 0.226 e. The Kier molecular flexibility index (Phi) is 4.87. The minimum atomic E-state index is -0.130. The van der Waals surface area contributed by atoms with Gasteiger partial charge in [0, 0.05) is 29.2 Å². The van der Waals surface area contributed by atoms with Crippen LogP contribution in [0.4, 0.5) is 5.69 Å². The molecule has 24 heavy (non-hydrogen) atoms. The summed E-state index contributed by atoms with van der Waals surface area (Å²) in [6.45, 7) is 0. The zero-order valence-corrected chi connectivity index (χ0v) is 13.6. The molecule has 3 rings (SSSR count). The molecule has 0 saturated carbocycles. The lowest BCUT2D eigenvalue weighted by molar-refractivity contribution is -0.116. The summed E-state index contributed by atoms with van der Waals surface area (Å²) in [6, 6.07) is 17.7. The number of anilines is 1. The largest absolute Gasteiger partial charge is 0.508 e. The number of aromatic nitrogens is 1. The van der Waals surface area contributed by atoms with Crippen LogP contribution in [-0.2, 0) is 4.79 Å². The zero-order valence-electron chi connectivity index (χ0n) is 12.9. The first-order valence-electron chi connectivity index (χ1n) is 7.58. The first kappa shape index (κ1) is 16.1. The van der Waals surface area contributed by atoms with Crippen molar-refractivity contribution in [2.75, 3.05) is 5.32 Å². The molecule has 2 aromatic carbocycles. The van der Waals surface area contributed by atoms with Gasteiger partial charge in [0.05, 0.1) is 12.5 Å². The van der Waals surface area contributed by atoms with Crippen molar-refractivity contribution in [3.63, 3.8) is 0 Å². The Bertz CT molecular complexity index is 814. The fraction of sp³-hybridized carbons (Fsp3) is 0.105. The van der Waals surface area contributed by atoms with Gasteiger partial charge in [-0.15, -0.1) is 0 Å². The summed E-state index contributed by atoms with van der Waals surface area (Å²) in [4.78, 5) is 12.4. The van der Waals surface area contributed by atoms with Crippen LogP contribution in [0.5, 0.6) is 5.75 Å². The second-order valence-corrected chi connectivity index (χ2v) is 5.94. The van der Waals surface area contributed by atoms with Gasteiger partial charge in [0.1, 0.15) is 5.75 Å². The molecule has 0 aliphatic rings. The van der Waals surface area contributed by atoms with Crippen LogP contribution in [0.15, 0.2) is 73.1 Å². The molecule has 0 fully saturated rings. The summed E-state index contributed by atoms with van der Waals surface area (Å²) in [5.41, 5.74) is 1.57. The second-order valence-electron chi connectivity index (χ2n) is 5.50. The summed E-state index contributed by atoms with van der Waals surface area (Å²) >= 11 is 5.96. The van der Waals surface area contributed by atoms with Crippen LogP contribution >= 0.6 is 11.6 Å². The van der Waals surface area contributed by atoms with Gasteiger partial charge in [-0.05, 0) is 42.0 Å². The van der Waals surface area contributed by atoms with Gasteiger partial charge in [-0.2, -0.15) is 0 Å². The third kappa shape index (κ3) is 3.97. The van der Waals surface area contributed by atoms with Gasteiger partial charge >= 0.3 is 0 Å². The van der Waals surface area contributed by atoms with E-state index in [2.05, 4.69) is 5.32 Å². The number of aromatic hydroxyl groups is 1. The normalized spacial score (nSPS) is 11.9. The summed E-state index contributed by atoms with van der Waals surface area (Å²) in [5, 5.41) is 13.0. The van der Waals surface area contributed by atoms with E-state index < -0.39 is 0 Å². The number of phenols is 1. The Balaban J connectivity index is 1.79. The molecule has 0 spiro atoms. The summed E-state index contributed by atoms with van der Waals surface area (Å²) in [7, 11) is 0. The Morgan fingerprint density at radius 3 is 2.46 bits per heavy atom. The Labute approximate surface area is 145 Å². The van der Waals surface area contributed by atoms with Crippen molar-refractivity contribution >= 4 is 23.2 Å². The minimum Gasteiger partial charge on any atom is -0.508 e. The molecule has 0 unspecified atom stereocenters. The van der Waals surface area contributed by atoms with Gasteiger partial charge in [0.15, 0.2) is 0 Å². The highest BCUT2D eigenvalue weighted by Crippen LogP contribution is 2.25. The zero-order chi connectivity index (χ0) is 16.9. The summed E-state index contributed by atoms with van der Waals surface area (Å²) in [5.74, 6) is -0.0123. The fourth-order valence-electron chi connectivity index (χ4n) is 2.61. The molecular formula is C19H17ClN2O2. The smallest absolute Gasteiger partial charge is 0.226 e. The molecule has 3 aromatic rings. The molecule has 0 aliphatic carbocycles. The lowest BCUT2D eigenvalue weighted by atomic mass is 10.0.